The third-order valence-electron chi connectivity index (χ3n) is 5.79. The number of fused-ring (bicyclic) bond motifs is 1. The highest BCUT2D eigenvalue weighted by molar-refractivity contribution is 7.92. The SMILES string of the molecule is Cc1ccccc1S(=O)(=O)Nc1noc2cc(CN3CCC(C(=O)O)CC3)cc(C)c12. The monoisotopic (exact) mass is 443 g/mol. The third-order valence-corrected chi connectivity index (χ3v) is 7.29. The highest BCUT2D eigenvalue weighted by Gasteiger charge is 2.25. The van der Waals surface area contributed by atoms with Crippen LogP contribution in [0, 0.1) is 19.8 Å². The van der Waals surface area contributed by atoms with Crippen LogP contribution >= 0.6 is 0 Å². The van der Waals surface area contributed by atoms with E-state index >= 15 is 0 Å². The van der Waals surface area contributed by atoms with Crippen LogP contribution in [0.4, 0.5) is 5.82 Å². The molecule has 8 nitrogen and oxygen atoms in total. The number of piperidine rings is 1. The number of carboxylic acids is 1. The minimum atomic E-state index is -3.80. The molecule has 1 aliphatic rings. The summed E-state index contributed by atoms with van der Waals surface area (Å²) in [6.07, 6.45) is 1.29. The molecular weight excluding hydrogens is 418 g/mol. The smallest absolute Gasteiger partial charge is 0.306 e. The van der Waals surface area contributed by atoms with E-state index in [0.717, 1.165) is 24.2 Å². The maximum Gasteiger partial charge on any atom is 0.306 e. The second-order valence-corrected chi connectivity index (χ2v) is 9.73. The molecule has 1 fully saturated rings. The van der Waals surface area contributed by atoms with Crippen molar-refractivity contribution >= 4 is 32.8 Å². The molecule has 0 spiro atoms. The largest absolute Gasteiger partial charge is 0.481 e. The number of anilines is 1. The van der Waals surface area contributed by atoms with Crippen LogP contribution in [0.5, 0.6) is 0 Å². The van der Waals surface area contributed by atoms with E-state index in [1.54, 1.807) is 31.2 Å². The Kier molecular flexibility index (Phi) is 5.72. The van der Waals surface area contributed by atoms with Crippen LogP contribution < -0.4 is 4.72 Å². The van der Waals surface area contributed by atoms with Gasteiger partial charge in [-0.05, 0) is 68.6 Å². The van der Waals surface area contributed by atoms with Gasteiger partial charge in [0.25, 0.3) is 10.0 Å². The van der Waals surface area contributed by atoms with Crippen LogP contribution in [0.3, 0.4) is 0 Å². The molecule has 0 atom stereocenters. The highest BCUT2D eigenvalue weighted by Crippen LogP contribution is 2.31. The fraction of sp³-hybridized carbons (Fsp3) is 0.364. The van der Waals surface area contributed by atoms with Gasteiger partial charge in [-0.1, -0.05) is 29.4 Å². The van der Waals surface area contributed by atoms with Crippen molar-refractivity contribution in [2.75, 3.05) is 17.8 Å². The van der Waals surface area contributed by atoms with Crippen molar-refractivity contribution in [3.05, 3.63) is 53.1 Å². The van der Waals surface area contributed by atoms with Crippen LogP contribution in [-0.2, 0) is 21.4 Å². The molecular formula is C22H25N3O5S. The van der Waals surface area contributed by atoms with Crippen LogP contribution in [0.2, 0.25) is 0 Å². The Labute approximate surface area is 180 Å². The molecule has 1 aromatic heterocycles. The Morgan fingerprint density at radius 1 is 1.19 bits per heavy atom. The topological polar surface area (TPSA) is 113 Å². The predicted octanol–water partition coefficient (Wildman–Crippen LogP) is 3.54. The second-order valence-electron chi connectivity index (χ2n) is 8.08. The lowest BCUT2D eigenvalue weighted by atomic mass is 9.96. The van der Waals surface area contributed by atoms with Crippen molar-refractivity contribution in [1.82, 2.24) is 10.1 Å². The molecule has 0 radical (unpaired) electrons. The van der Waals surface area contributed by atoms with Crippen molar-refractivity contribution in [3.8, 4) is 0 Å². The first kappa shape index (κ1) is 21.3. The van der Waals surface area contributed by atoms with Gasteiger partial charge in [0.05, 0.1) is 16.2 Å². The Morgan fingerprint density at radius 3 is 2.58 bits per heavy atom. The standard InChI is InChI=1S/C22H25N3O5S/c1-14-5-3-4-6-19(14)31(28,29)24-21-20-15(2)11-16(12-18(20)30-23-21)13-25-9-7-17(8-10-25)22(26)27/h3-6,11-12,17H,7-10,13H2,1-2H3,(H,23,24)(H,26,27). The number of benzene rings is 2. The second kappa shape index (κ2) is 8.32. The summed E-state index contributed by atoms with van der Waals surface area (Å²) in [4.78, 5) is 13.6. The minimum Gasteiger partial charge on any atom is -0.481 e. The highest BCUT2D eigenvalue weighted by atomic mass is 32.2. The maximum absolute atomic E-state index is 12.8. The van der Waals surface area contributed by atoms with Gasteiger partial charge in [0.2, 0.25) is 0 Å². The van der Waals surface area contributed by atoms with E-state index in [1.165, 1.54) is 0 Å². The number of nitrogens with zero attached hydrogens (tertiary/aromatic N) is 2. The van der Waals surface area contributed by atoms with Gasteiger partial charge in [-0.3, -0.25) is 14.4 Å². The first-order chi connectivity index (χ1) is 14.7. The van der Waals surface area contributed by atoms with E-state index in [1.807, 2.05) is 19.1 Å². The number of aryl methyl sites for hydroxylation is 2. The number of aliphatic carboxylic acids is 1. The zero-order chi connectivity index (χ0) is 22.2. The summed E-state index contributed by atoms with van der Waals surface area (Å²) in [6, 6.07) is 10.6. The summed E-state index contributed by atoms with van der Waals surface area (Å²) < 4.78 is 33.7. The fourth-order valence-electron chi connectivity index (χ4n) is 4.14. The van der Waals surface area contributed by atoms with Crippen molar-refractivity contribution < 1.29 is 22.8 Å². The minimum absolute atomic E-state index is 0.171. The van der Waals surface area contributed by atoms with Gasteiger partial charge in [0, 0.05) is 6.54 Å². The molecule has 0 unspecified atom stereocenters. The molecule has 2 aromatic carbocycles. The van der Waals surface area contributed by atoms with Crippen molar-refractivity contribution in [1.29, 1.82) is 0 Å². The Morgan fingerprint density at radius 2 is 1.90 bits per heavy atom. The van der Waals surface area contributed by atoms with Crippen LogP contribution in [0.1, 0.15) is 29.5 Å². The number of hydrogen-bond acceptors (Lipinski definition) is 6. The number of aromatic nitrogens is 1. The molecule has 4 rings (SSSR count). The van der Waals surface area contributed by atoms with Crippen molar-refractivity contribution in [2.24, 2.45) is 5.92 Å². The van der Waals surface area contributed by atoms with E-state index in [0.29, 0.717) is 35.9 Å². The molecule has 0 amide bonds. The van der Waals surface area contributed by atoms with Gasteiger partial charge in [-0.2, -0.15) is 0 Å². The van der Waals surface area contributed by atoms with E-state index < -0.39 is 16.0 Å². The predicted molar refractivity (Wildman–Crippen MR) is 116 cm³/mol. The first-order valence-electron chi connectivity index (χ1n) is 10.2. The zero-order valence-electron chi connectivity index (χ0n) is 17.5. The van der Waals surface area contributed by atoms with Gasteiger partial charge < -0.3 is 9.63 Å². The first-order valence-corrected chi connectivity index (χ1v) is 11.7. The number of sulfonamides is 1. The van der Waals surface area contributed by atoms with Gasteiger partial charge in [-0.15, -0.1) is 0 Å². The lowest BCUT2D eigenvalue weighted by Crippen LogP contribution is -2.35. The Balaban J connectivity index is 1.55. The molecule has 0 aliphatic carbocycles. The van der Waals surface area contributed by atoms with E-state index in [9.17, 15) is 13.2 Å². The van der Waals surface area contributed by atoms with E-state index in [2.05, 4.69) is 14.8 Å². The van der Waals surface area contributed by atoms with Gasteiger partial charge >= 0.3 is 5.97 Å². The van der Waals surface area contributed by atoms with Gasteiger partial charge in [-0.25, -0.2) is 8.42 Å². The van der Waals surface area contributed by atoms with Crippen molar-refractivity contribution in [2.45, 2.75) is 38.1 Å². The maximum atomic E-state index is 12.8. The molecule has 3 aromatic rings. The Bertz CT molecular complexity index is 1230. The summed E-state index contributed by atoms with van der Waals surface area (Å²) in [5.41, 5.74) is 3.03. The van der Waals surface area contributed by atoms with Crippen LogP contribution in [-0.4, -0.2) is 42.6 Å². The molecule has 31 heavy (non-hydrogen) atoms. The average Bonchev–Trinajstić information content (AvgIpc) is 3.11. The quantitative estimate of drug-likeness (QED) is 0.599. The molecule has 0 bridgehead atoms. The summed E-state index contributed by atoms with van der Waals surface area (Å²) in [5, 5.41) is 13.8. The molecule has 2 heterocycles. The number of nitrogens with one attached hydrogen (secondary N) is 1. The number of hydrogen-bond donors (Lipinski definition) is 2. The van der Waals surface area contributed by atoms with Gasteiger partial charge in [0.1, 0.15) is 0 Å². The summed E-state index contributed by atoms with van der Waals surface area (Å²) in [7, 11) is -3.80. The molecule has 1 saturated heterocycles. The summed E-state index contributed by atoms with van der Waals surface area (Å²) in [6.45, 7) is 5.77. The molecule has 1 aliphatic heterocycles. The Hall–Kier alpha value is -2.91. The lowest BCUT2D eigenvalue weighted by Gasteiger charge is -2.30. The summed E-state index contributed by atoms with van der Waals surface area (Å²) in [5.74, 6) is -0.817. The molecule has 9 heteroatoms. The van der Waals surface area contributed by atoms with Crippen LogP contribution in [0.25, 0.3) is 11.0 Å². The number of likely N-dealkylation sites (tertiary alicyclic amines) is 1. The normalized spacial score (nSPS) is 15.9. The third kappa shape index (κ3) is 4.42. The fourth-order valence-corrected chi connectivity index (χ4v) is 5.39. The number of carboxylic acid groups (broad SMARTS) is 1. The lowest BCUT2D eigenvalue weighted by molar-refractivity contribution is -0.143. The zero-order valence-corrected chi connectivity index (χ0v) is 18.3. The van der Waals surface area contributed by atoms with Gasteiger partial charge in [0.15, 0.2) is 11.4 Å². The molecule has 164 valence electrons. The molecule has 0 saturated carbocycles. The molecule has 2 N–H and O–H groups in total. The van der Waals surface area contributed by atoms with Crippen LogP contribution in [0.15, 0.2) is 45.8 Å². The summed E-state index contributed by atoms with van der Waals surface area (Å²) >= 11 is 0. The van der Waals surface area contributed by atoms with Crippen molar-refractivity contribution in [3.63, 3.8) is 0 Å². The number of rotatable bonds is 6. The average molecular weight is 444 g/mol. The number of carbonyl (C=O) groups is 1. The van der Waals surface area contributed by atoms with E-state index in [4.69, 9.17) is 9.63 Å². The van der Waals surface area contributed by atoms with E-state index in [-0.39, 0.29) is 16.6 Å².